The van der Waals surface area contributed by atoms with Crippen molar-refractivity contribution >= 4 is 23.4 Å². The quantitative estimate of drug-likeness (QED) is 0.492. The minimum Gasteiger partial charge on any atom is -0.381 e. The molecule has 0 N–H and O–H groups in total. The van der Waals surface area contributed by atoms with Gasteiger partial charge in [-0.15, -0.1) is 11.8 Å². The molecule has 1 rings (SSSR count). The Labute approximate surface area is 114 Å². The summed E-state index contributed by atoms with van der Waals surface area (Å²) in [5, 5.41) is 0.798. The third-order valence-electron chi connectivity index (χ3n) is 2.35. The number of ether oxygens (including phenoxy) is 1. The maximum Gasteiger partial charge on any atom is 0.0474 e. The fourth-order valence-corrected chi connectivity index (χ4v) is 2.26. The lowest BCUT2D eigenvalue weighted by Gasteiger charge is -2.06. The van der Waals surface area contributed by atoms with E-state index in [2.05, 4.69) is 26.0 Å². The molecule has 0 amide bonds. The number of benzene rings is 1. The SMILES string of the molecule is CC(C)CCOCCCSc1ccc(Cl)cc1. The molecule has 0 bridgehead atoms. The molecule has 0 saturated carbocycles. The molecule has 1 aromatic carbocycles. The monoisotopic (exact) mass is 272 g/mol. The minimum atomic E-state index is 0.735. The second kappa shape index (κ2) is 8.84. The highest BCUT2D eigenvalue weighted by Gasteiger charge is 1.96. The maximum atomic E-state index is 5.83. The molecule has 0 aliphatic rings. The maximum absolute atomic E-state index is 5.83. The summed E-state index contributed by atoms with van der Waals surface area (Å²) >= 11 is 7.68. The van der Waals surface area contributed by atoms with Crippen LogP contribution in [-0.2, 0) is 4.74 Å². The van der Waals surface area contributed by atoms with E-state index in [1.54, 1.807) is 0 Å². The van der Waals surface area contributed by atoms with E-state index in [1.165, 1.54) is 4.90 Å². The largest absolute Gasteiger partial charge is 0.381 e. The first-order chi connectivity index (χ1) is 8.18. The summed E-state index contributed by atoms with van der Waals surface area (Å²) in [4.78, 5) is 1.27. The van der Waals surface area contributed by atoms with Crippen molar-refractivity contribution in [3.8, 4) is 0 Å². The summed E-state index contributed by atoms with van der Waals surface area (Å²) in [7, 11) is 0. The smallest absolute Gasteiger partial charge is 0.0474 e. The first-order valence-corrected chi connectivity index (χ1v) is 7.51. The Kier molecular flexibility index (Phi) is 7.74. The normalized spacial score (nSPS) is 11.1. The topological polar surface area (TPSA) is 9.23 Å². The van der Waals surface area contributed by atoms with Gasteiger partial charge in [0.05, 0.1) is 0 Å². The molecule has 0 aliphatic carbocycles. The Hall–Kier alpha value is -0.180. The van der Waals surface area contributed by atoms with Gasteiger partial charge < -0.3 is 4.74 Å². The van der Waals surface area contributed by atoms with Crippen molar-refractivity contribution in [2.45, 2.75) is 31.6 Å². The van der Waals surface area contributed by atoms with Crippen molar-refractivity contribution in [1.82, 2.24) is 0 Å². The summed E-state index contributed by atoms with van der Waals surface area (Å²) in [6.07, 6.45) is 2.26. The van der Waals surface area contributed by atoms with Gasteiger partial charge in [0, 0.05) is 28.9 Å². The van der Waals surface area contributed by atoms with Gasteiger partial charge in [0.25, 0.3) is 0 Å². The summed E-state index contributed by atoms with van der Waals surface area (Å²) < 4.78 is 5.57. The van der Waals surface area contributed by atoms with Gasteiger partial charge in [-0.3, -0.25) is 0 Å². The molecule has 0 fully saturated rings. The van der Waals surface area contributed by atoms with Gasteiger partial charge >= 0.3 is 0 Å². The van der Waals surface area contributed by atoms with Crippen molar-refractivity contribution in [3.05, 3.63) is 29.3 Å². The van der Waals surface area contributed by atoms with Gasteiger partial charge in [0.2, 0.25) is 0 Å². The summed E-state index contributed by atoms with van der Waals surface area (Å²) in [6.45, 7) is 6.20. The lowest BCUT2D eigenvalue weighted by molar-refractivity contribution is 0.125. The van der Waals surface area contributed by atoms with Crippen molar-refractivity contribution < 1.29 is 4.74 Å². The number of hydrogen-bond acceptors (Lipinski definition) is 2. The zero-order valence-electron chi connectivity index (χ0n) is 10.6. The average Bonchev–Trinajstić information content (AvgIpc) is 2.30. The van der Waals surface area contributed by atoms with Crippen LogP contribution in [0, 0.1) is 5.92 Å². The molecule has 3 heteroatoms. The Morgan fingerprint density at radius 2 is 1.88 bits per heavy atom. The Bertz CT molecular complexity index is 298. The van der Waals surface area contributed by atoms with Crippen molar-refractivity contribution in [1.29, 1.82) is 0 Å². The standard InChI is InChI=1S/C14H21ClOS/c1-12(2)8-10-16-9-3-11-17-14-6-4-13(15)5-7-14/h4-7,12H,3,8-11H2,1-2H3. The van der Waals surface area contributed by atoms with Crippen LogP contribution in [0.15, 0.2) is 29.2 Å². The van der Waals surface area contributed by atoms with E-state index in [4.69, 9.17) is 16.3 Å². The third-order valence-corrected chi connectivity index (χ3v) is 3.71. The number of halogens is 1. The van der Waals surface area contributed by atoms with Crippen LogP contribution in [-0.4, -0.2) is 19.0 Å². The van der Waals surface area contributed by atoms with Crippen molar-refractivity contribution in [3.63, 3.8) is 0 Å². The first kappa shape index (κ1) is 14.9. The summed E-state index contributed by atoms with van der Waals surface area (Å²) in [5.74, 6) is 1.84. The molecule has 0 atom stereocenters. The van der Waals surface area contributed by atoms with E-state index < -0.39 is 0 Å². The number of thioether (sulfide) groups is 1. The van der Waals surface area contributed by atoms with E-state index in [0.717, 1.165) is 42.7 Å². The van der Waals surface area contributed by atoms with Gasteiger partial charge in [0.1, 0.15) is 0 Å². The Balaban J connectivity index is 1.99. The predicted molar refractivity (Wildman–Crippen MR) is 77.1 cm³/mol. The minimum absolute atomic E-state index is 0.735. The number of hydrogen-bond donors (Lipinski definition) is 0. The molecule has 0 saturated heterocycles. The predicted octanol–water partition coefficient (Wildman–Crippen LogP) is 4.88. The highest BCUT2D eigenvalue weighted by atomic mass is 35.5. The Morgan fingerprint density at radius 3 is 2.53 bits per heavy atom. The Morgan fingerprint density at radius 1 is 1.18 bits per heavy atom. The van der Waals surface area contributed by atoms with E-state index in [-0.39, 0.29) is 0 Å². The zero-order chi connectivity index (χ0) is 12.5. The highest BCUT2D eigenvalue weighted by molar-refractivity contribution is 7.99. The lowest BCUT2D eigenvalue weighted by atomic mass is 10.1. The lowest BCUT2D eigenvalue weighted by Crippen LogP contribution is -2.01. The molecular weight excluding hydrogens is 252 g/mol. The van der Waals surface area contributed by atoms with E-state index in [0.29, 0.717) is 0 Å². The second-order valence-electron chi connectivity index (χ2n) is 4.45. The molecule has 1 aromatic rings. The van der Waals surface area contributed by atoms with E-state index in [1.807, 2.05) is 23.9 Å². The second-order valence-corrected chi connectivity index (χ2v) is 6.06. The molecule has 1 nitrogen and oxygen atoms in total. The van der Waals surface area contributed by atoms with Crippen LogP contribution >= 0.6 is 23.4 Å². The van der Waals surface area contributed by atoms with E-state index in [9.17, 15) is 0 Å². The van der Waals surface area contributed by atoms with Crippen LogP contribution in [0.1, 0.15) is 26.7 Å². The highest BCUT2D eigenvalue weighted by Crippen LogP contribution is 2.20. The van der Waals surface area contributed by atoms with Gasteiger partial charge in [-0.2, -0.15) is 0 Å². The third kappa shape index (κ3) is 7.69. The van der Waals surface area contributed by atoms with Gasteiger partial charge in [-0.1, -0.05) is 25.4 Å². The van der Waals surface area contributed by atoms with Crippen molar-refractivity contribution in [2.75, 3.05) is 19.0 Å². The van der Waals surface area contributed by atoms with Crippen LogP contribution in [0.4, 0.5) is 0 Å². The van der Waals surface area contributed by atoms with E-state index >= 15 is 0 Å². The van der Waals surface area contributed by atoms with Gasteiger partial charge in [-0.05, 0) is 43.0 Å². The van der Waals surface area contributed by atoms with Crippen LogP contribution in [0.25, 0.3) is 0 Å². The summed E-state index contributed by atoms with van der Waals surface area (Å²) in [6, 6.07) is 7.99. The van der Waals surface area contributed by atoms with Gasteiger partial charge in [-0.25, -0.2) is 0 Å². The van der Waals surface area contributed by atoms with Crippen LogP contribution < -0.4 is 0 Å². The van der Waals surface area contributed by atoms with Crippen molar-refractivity contribution in [2.24, 2.45) is 5.92 Å². The molecular formula is C14H21ClOS. The molecule has 0 radical (unpaired) electrons. The molecule has 0 aromatic heterocycles. The van der Waals surface area contributed by atoms with Gasteiger partial charge in [0.15, 0.2) is 0 Å². The fraction of sp³-hybridized carbons (Fsp3) is 0.571. The fourth-order valence-electron chi connectivity index (χ4n) is 1.30. The molecule has 0 spiro atoms. The van der Waals surface area contributed by atoms with Crippen LogP contribution in [0.5, 0.6) is 0 Å². The number of rotatable bonds is 8. The van der Waals surface area contributed by atoms with Crippen LogP contribution in [0.3, 0.4) is 0 Å². The zero-order valence-corrected chi connectivity index (χ0v) is 12.2. The molecule has 17 heavy (non-hydrogen) atoms. The molecule has 0 aliphatic heterocycles. The average molecular weight is 273 g/mol. The molecule has 96 valence electrons. The molecule has 0 unspecified atom stereocenters. The molecule has 0 heterocycles. The summed E-state index contributed by atoms with van der Waals surface area (Å²) in [5.41, 5.74) is 0. The van der Waals surface area contributed by atoms with Crippen LogP contribution in [0.2, 0.25) is 5.02 Å². The first-order valence-electron chi connectivity index (χ1n) is 6.14.